The van der Waals surface area contributed by atoms with Crippen LogP contribution in [0.4, 0.5) is 0 Å². The second kappa shape index (κ2) is 6.54. The fourth-order valence-electron chi connectivity index (χ4n) is 2.48. The molecule has 3 rings (SSSR count). The van der Waals surface area contributed by atoms with Gasteiger partial charge in [0.05, 0.1) is 0 Å². The number of aliphatic carboxylic acids is 1. The van der Waals surface area contributed by atoms with E-state index in [4.69, 9.17) is 15.6 Å². The van der Waals surface area contributed by atoms with Crippen LogP contribution in [-0.2, 0) is 17.8 Å². The van der Waals surface area contributed by atoms with Crippen LogP contribution in [0, 0.1) is 0 Å². The van der Waals surface area contributed by atoms with E-state index in [1.54, 1.807) is 6.20 Å². The molecule has 118 valence electrons. The lowest BCUT2D eigenvalue weighted by atomic mass is 10.1. The van der Waals surface area contributed by atoms with Gasteiger partial charge in [0.1, 0.15) is 18.4 Å². The largest absolute Gasteiger partial charge is 0.489 e. The van der Waals surface area contributed by atoms with Crippen LogP contribution in [0.3, 0.4) is 0 Å². The highest BCUT2D eigenvalue weighted by Crippen LogP contribution is 2.25. The zero-order chi connectivity index (χ0) is 16.2. The molecule has 0 spiro atoms. The van der Waals surface area contributed by atoms with Gasteiger partial charge in [0.25, 0.3) is 0 Å². The molecule has 0 fully saturated rings. The van der Waals surface area contributed by atoms with Crippen LogP contribution in [-0.4, -0.2) is 22.1 Å². The predicted molar refractivity (Wildman–Crippen MR) is 88.4 cm³/mol. The smallest absolute Gasteiger partial charge is 0.320 e. The maximum Gasteiger partial charge on any atom is 0.320 e. The van der Waals surface area contributed by atoms with Crippen molar-refractivity contribution in [3.63, 3.8) is 0 Å². The SMILES string of the molecule is N[C@H](Cc1c[nH]c2ccc(OCc3ccccc3)cc12)C(=O)O. The highest BCUT2D eigenvalue weighted by atomic mass is 16.5. The van der Waals surface area contributed by atoms with Crippen LogP contribution >= 0.6 is 0 Å². The third-order valence-electron chi connectivity index (χ3n) is 3.74. The van der Waals surface area contributed by atoms with Gasteiger partial charge in [-0.1, -0.05) is 30.3 Å². The topological polar surface area (TPSA) is 88.3 Å². The molecule has 5 heteroatoms. The molecular formula is C18H18N2O3. The number of fused-ring (bicyclic) bond motifs is 1. The van der Waals surface area contributed by atoms with Crippen molar-refractivity contribution in [2.24, 2.45) is 5.73 Å². The van der Waals surface area contributed by atoms with Crippen LogP contribution in [0.15, 0.2) is 54.7 Å². The number of hydrogen-bond donors (Lipinski definition) is 3. The van der Waals surface area contributed by atoms with E-state index < -0.39 is 12.0 Å². The minimum absolute atomic E-state index is 0.275. The summed E-state index contributed by atoms with van der Waals surface area (Å²) in [6.07, 6.45) is 2.08. The van der Waals surface area contributed by atoms with E-state index in [9.17, 15) is 4.79 Å². The Labute approximate surface area is 133 Å². The Hall–Kier alpha value is -2.79. The van der Waals surface area contributed by atoms with Gasteiger partial charge in [-0.25, -0.2) is 0 Å². The molecule has 0 aliphatic rings. The van der Waals surface area contributed by atoms with Crippen LogP contribution in [0.5, 0.6) is 5.75 Å². The van der Waals surface area contributed by atoms with Gasteiger partial charge in [0.2, 0.25) is 0 Å². The number of rotatable bonds is 6. The summed E-state index contributed by atoms with van der Waals surface area (Å²) in [4.78, 5) is 14.1. The second-order valence-corrected chi connectivity index (χ2v) is 5.44. The van der Waals surface area contributed by atoms with Crippen molar-refractivity contribution >= 4 is 16.9 Å². The Bertz CT molecular complexity index is 812. The quantitative estimate of drug-likeness (QED) is 0.653. The zero-order valence-electron chi connectivity index (χ0n) is 12.5. The number of hydrogen-bond acceptors (Lipinski definition) is 3. The zero-order valence-corrected chi connectivity index (χ0v) is 12.5. The number of carboxylic acids is 1. The number of nitrogens with two attached hydrogens (primary N) is 1. The molecule has 1 aromatic heterocycles. The van der Waals surface area contributed by atoms with Crippen LogP contribution in [0.25, 0.3) is 10.9 Å². The maximum absolute atomic E-state index is 10.9. The van der Waals surface area contributed by atoms with Crippen molar-refractivity contribution in [2.75, 3.05) is 0 Å². The minimum Gasteiger partial charge on any atom is -0.489 e. The number of carboxylic acid groups (broad SMARTS) is 1. The summed E-state index contributed by atoms with van der Waals surface area (Å²) in [5.74, 6) is -0.262. The van der Waals surface area contributed by atoms with E-state index in [2.05, 4.69) is 4.98 Å². The predicted octanol–water partition coefficient (Wildman–Crippen LogP) is 2.70. The molecule has 0 bridgehead atoms. The number of ether oxygens (including phenoxy) is 1. The number of aromatic amines is 1. The lowest BCUT2D eigenvalue weighted by molar-refractivity contribution is -0.138. The summed E-state index contributed by atoms with van der Waals surface area (Å²) in [5, 5.41) is 9.90. The first kappa shape index (κ1) is 15.1. The molecule has 0 amide bonds. The average molecular weight is 310 g/mol. The van der Waals surface area contributed by atoms with Gasteiger partial charge < -0.3 is 20.6 Å². The summed E-state index contributed by atoms with van der Waals surface area (Å²) >= 11 is 0. The summed E-state index contributed by atoms with van der Waals surface area (Å²) in [5.41, 5.74) is 8.53. The molecule has 1 atom stereocenters. The molecule has 4 N–H and O–H groups in total. The molecule has 0 aliphatic carbocycles. The molecule has 23 heavy (non-hydrogen) atoms. The minimum atomic E-state index is -1.00. The van der Waals surface area contributed by atoms with E-state index in [0.717, 1.165) is 27.8 Å². The van der Waals surface area contributed by atoms with Gasteiger partial charge in [-0.15, -0.1) is 0 Å². The van der Waals surface area contributed by atoms with Crippen LogP contribution < -0.4 is 10.5 Å². The van der Waals surface area contributed by atoms with Gasteiger partial charge >= 0.3 is 5.97 Å². The fraction of sp³-hybridized carbons (Fsp3) is 0.167. The van der Waals surface area contributed by atoms with Crippen molar-refractivity contribution < 1.29 is 14.6 Å². The maximum atomic E-state index is 10.9. The van der Waals surface area contributed by atoms with Crippen LogP contribution in [0.2, 0.25) is 0 Å². The molecule has 5 nitrogen and oxygen atoms in total. The third-order valence-corrected chi connectivity index (χ3v) is 3.74. The lowest BCUT2D eigenvalue weighted by Gasteiger charge is -2.08. The first-order valence-electron chi connectivity index (χ1n) is 7.38. The van der Waals surface area contributed by atoms with Gasteiger partial charge in [-0.05, 0) is 29.3 Å². The summed E-state index contributed by atoms with van der Waals surface area (Å²) in [6.45, 7) is 0.487. The Kier molecular flexibility index (Phi) is 4.30. The molecular weight excluding hydrogens is 292 g/mol. The molecule has 0 aliphatic heterocycles. The third kappa shape index (κ3) is 3.52. The van der Waals surface area contributed by atoms with Gasteiger partial charge in [-0.3, -0.25) is 4.79 Å². The summed E-state index contributed by atoms with van der Waals surface area (Å²) < 4.78 is 5.82. The van der Waals surface area contributed by atoms with E-state index in [-0.39, 0.29) is 6.42 Å². The van der Waals surface area contributed by atoms with Crippen molar-refractivity contribution in [1.29, 1.82) is 0 Å². The number of carbonyl (C=O) groups is 1. The van der Waals surface area contributed by atoms with Gasteiger partial charge in [0, 0.05) is 23.5 Å². The molecule has 0 saturated carbocycles. The first-order valence-corrected chi connectivity index (χ1v) is 7.38. The van der Waals surface area contributed by atoms with Crippen molar-refractivity contribution in [1.82, 2.24) is 4.98 Å². The van der Waals surface area contributed by atoms with E-state index in [1.807, 2.05) is 48.5 Å². The number of nitrogens with one attached hydrogen (secondary N) is 1. The Morgan fingerprint density at radius 2 is 2.00 bits per heavy atom. The second-order valence-electron chi connectivity index (χ2n) is 5.44. The Morgan fingerprint density at radius 3 is 2.74 bits per heavy atom. The van der Waals surface area contributed by atoms with Crippen molar-refractivity contribution in [2.45, 2.75) is 19.1 Å². The summed E-state index contributed by atoms with van der Waals surface area (Å²) in [7, 11) is 0. The molecule has 1 heterocycles. The number of benzene rings is 2. The summed E-state index contributed by atoms with van der Waals surface area (Å²) in [6, 6.07) is 14.7. The van der Waals surface area contributed by atoms with Crippen molar-refractivity contribution in [3.05, 3.63) is 65.9 Å². The molecule has 2 aromatic carbocycles. The Morgan fingerprint density at radius 1 is 1.22 bits per heavy atom. The molecule has 0 radical (unpaired) electrons. The highest BCUT2D eigenvalue weighted by Gasteiger charge is 2.15. The fourth-order valence-corrected chi connectivity index (χ4v) is 2.48. The Balaban J connectivity index is 1.78. The average Bonchev–Trinajstić information content (AvgIpc) is 2.96. The normalized spacial score (nSPS) is 12.2. The highest BCUT2D eigenvalue weighted by molar-refractivity contribution is 5.85. The van der Waals surface area contributed by atoms with E-state index in [1.165, 1.54) is 0 Å². The number of aromatic nitrogens is 1. The number of H-pyrrole nitrogens is 1. The molecule has 0 unspecified atom stereocenters. The monoisotopic (exact) mass is 310 g/mol. The standard InChI is InChI=1S/C18H18N2O3/c19-16(18(21)22)8-13-10-20-17-7-6-14(9-15(13)17)23-11-12-4-2-1-3-5-12/h1-7,9-10,16,20H,8,11,19H2,(H,21,22)/t16-/m1/s1. The van der Waals surface area contributed by atoms with Crippen LogP contribution in [0.1, 0.15) is 11.1 Å². The molecule has 3 aromatic rings. The first-order chi connectivity index (χ1) is 11.1. The van der Waals surface area contributed by atoms with Crippen molar-refractivity contribution in [3.8, 4) is 5.75 Å². The van der Waals surface area contributed by atoms with Gasteiger partial charge in [0.15, 0.2) is 0 Å². The lowest BCUT2D eigenvalue weighted by Crippen LogP contribution is -2.32. The molecule has 0 saturated heterocycles. The van der Waals surface area contributed by atoms with E-state index in [0.29, 0.717) is 6.61 Å². The van der Waals surface area contributed by atoms with Gasteiger partial charge in [-0.2, -0.15) is 0 Å². The van der Waals surface area contributed by atoms with E-state index >= 15 is 0 Å².